The van der Waals surface area contributed by atoms with Gasteiger partial charge in [0.1, 0.15) is 85.5 Å². The van der Waals surface area contributed by atoms with Crippen molar-refractivity contribution in [3.63, 3.8) is 0 Å². The topological polar surface area (TPSA) is 346 Å². The van der Waals surface area contributed by atoms with Crippen LogP contribution < -0.4 is 0 Å². The zero-order valence-electron chi connectivity index (χ0n) is 41.8. The smallest absolute Gasteiger partial charge is 0.187 e. The molecule has 9 aliphatic rings. The van der Waals surface area contributed by atoms with Gasteiger partial charge in [-0.05, 0) is 98.7 Å². The Morgan fingerprint density at radius 3 is 2.07 bits per heavy atom. The molecule has 414 valence electrons. The minimum atomic E-state index is -1.75. The van der Waals surface area contributed by atoms with Crippen molar-refractivity contribution in [3.8, 4) is 0 Å². The minimum absolute atomic E-state index is 0.0349. The van der Waals surface area contributed by atoms with E-state index in [4.69, 9.17) is 42.6 Å². The molecular weight excluding hydrogens is 953 g/mol. The Kier molecular flexibility index (Phi) is 16.7. The lowest BCUT2D eigenvalue weighted by Gasteiger charge is -2.58. The molecule has 13 N–H and O–H groups in total. The van der Waals surface area contributed by atoms with Crippen molar-refractivity contribution in [2.24, 2.45) is 46.3 Å². The zero-order valence-corrected chi connectivity index (χ0v) is 41.8. The molecule has 8 fully saturated rings. The number of fused-ring (bicyclic) bond motifs is 7. The van der Waals surface area contributed by atoms with Gasteiger partial charge in [-0.15, -0.1) is 0 Å². The summed E-state index contributed by atoms with van der Waals surface area (Å²) >= 11 is 0. The number of aliphatic hydroxyl groups is 13. The number of hydrogen-bond acceptors (Lipinski definition) is 22. The molecule has 0 aromatic carbocycles. The molecule has 0 radical (unpaired) electrons. The van der Waals surface area contributed by atoms with Crippen LogP contribution in [-0.2, 0) is 42.6 Å². The van der Waals surface area contributed by atoms with E-state index < -0.39 is 142 Å². The molecule has 0 bridgehead atoms. The Bertz CT molecular complexity index is 1860. The van der Waals surface area contributed by atoms with Crippen molar-refractivity contribution in [2.75, 3.05) is 26.4 Å². The van der Waals surface area contributed by atoms with Crippen LogP contribution in [0.3, 0.4) is 0 Å². The lowest BCUT2D eigenvalue weighted by atomic mass is 9.47. The van der Waals surface area contributed by atoms with Crippen LogP contribution in [-0.4, -0.2) is 228 Å². The Labute approximate surface area is 419 Å². The molecule has 0 amide bonds. The predicted octanol–water partition coefficient (Wildman–Crippen LogP) is -2.37. The summed E-state index contributed by atoms with van der Waals surface area (Å²) in [6.45, 7) is 8.79. The highest BCUT2D eigenvalue weighted by atomic mass is 16.8. The lowest BCUT2D eigenvalue weighted by Crippen LogP contribution is -2.65. The monoisotopic (exact) mass is 1030 g/mol. The van der Waals surface area contributed by atoms with Gasteiger partial charge in [0.2, 0.25) is 0 Å². The van der Waals surface area contributed by atoms with Crippen LogP contribution in [0.4, 0.5) is 0 Å². The van der Waals surface area contributed by atoms with Gasteiger partial charge in [-0.25, -0.2) is 0 Å². The molecule has 22 nitrogen and oxygen atoms in total. The number of hydrogen-bond donors (Lipinski definition) is 13. The van der Waals surface area contributed by atoms with Crippen molar-refractivity contribution in [2.45, 2.75) is 227 Å². The van der Waals surface area contributed by atoms with E-state index in [0.29, 0.717) is 43.4 Å². The van der Waals surface area contributed by atoms with Gasteiger partial charge >= 0.3 is 0 Å². The fourth-order valence-corrected chi connectivity index (χ4v) is 14.7. The first-order valence-corrected chi connectivity index (χ1v) is 26.3. The molecule has 5 aliphatic heterocycles. The first-order valence-electron chi connectivity index (χ1n) is 26.3. The zero-order chi connectivity index (χ0) is 51.9. The number of ether oxygens (including phenoxy) is 9. The first-order chi connectivity index (χ1) is 34.0. The molecule has 30 atom stereocenters. The Hall–Kier alpha value is -1.14. The molecule has 9 rings (SSSR count). The molecule has 0 aromatic heterocycles. The number of allylic oxidation sites excluding steroid dienone is 1. The van der Waals surface area contributed by atoms with Crippen LogP contribution in [0.2, 0.25) is 0 Å². The third-order valence-electron chi connectivity index (χ3n) is 19.1. The van der Waals surface area contributed by atoms with E-state index in [0.717, 1.165) is 32.1 Å². The standard InChI is InChI=1S/C50H82O22/c1-20(18-64-44-39(60)37(58)35(56)30(16-51)68-44)8-13-50(63)21(2)32-29(72-50)15-27-25-7-6-23-14-24(9-11-48(23,4)26(25)10-12-49(27,32)5)67-46-41(62)38(59)42(31(17-52)69-46)70-47-43(34(55)28(53)19-65-47)71-45-40(61)36(57)33(54)22(3)66-45/h6,20-22,24-47,51-63H,7-19H2,1-5H3/t20-,21+,22+,24+,25-,26+,27+,28+,29+,30-,31-,32+,33+,34-,35-,36-,37+,38-,39-,40-,41-,42-,43+,44-,45+,46-,47-,48+,49+,50-/m1/s1. The maximum Gasteiger partial charge on any atom is 0.187 e. The molecule has 72 heavy (non-hydrogen) atoms. The second kappa shape index (κ2) is 21.6. The van der Waals surface area contributed by atoms with E-state index in [1.807, 2.05) is 6.92 Å². The molecular formula is C50H82O22. The van der Waals surface area contributed by atoms with Crippen LogP contribution in [0.25, 0.3) is 0 Å². The van der Waals surface area contributed by atoms with Gasteiger partial charge in [-0.1, -0.05) is 39.3 Å². The largest absolute Gasteiger partial charge is 0.394 e. The summed E-state index contributed by atoms with van der Waals surface area (Å²) < 4.78 is 53.5. The third-order valence-corrected chi connectivity index (χ3v) is 19.1. The van der Waals surface area contributed by atoms with Crippen LogP contribution in [0.15, 0.2) is 11.6 Å². The quantitative estimate of drug-likeness (QED) is 0.0809. The van der Waals surface area contributed by atoms with Crippen molar-refractivity contribution < 1.29 is 109 Å². The van der Waals surface area contributed by atoms with E-state index in [-0.39, 0.29) is 47.4 Å². The Morgan fingerprint density at radius 1 is 0.694 bits per heavy atom. The van der Waals surface area contributed by atoms with Gasteiger partial charge in [0.25, 0.3) is 0 Å². The predicted molar refractivity (Wildman–Crippen MR) is 244 cm³/mol. The average Bonchev–Trinajstić information content (AvgIpc) is 3.80. The van der Waals surface area contributed by atoms with E-state index >= 15 is 0 Å². The second-order valence-corrected chi connectivity index (χ2v) is 23.4. The Balaban J connectivity index is 0.787. The summed E-state index contributed by atoms with van der Waals surface area (Å²) in [6, 6.07) is 0. The normalized spacial score (nSPS) is 55.1. The second-order valence-electron chi connectivity index (χ2n) is 23.4. The molecule has 4 aliphatic carbocycles. The van der Waals surface area contributed by atoms with Gasteiger partial charge in [-0.3, -0.25) is 0 Å². The maximum absolute atomic E-state index is 12.1. The Morgan fingerprint density at radius 2 is 1.35 bits per heavy atom. The van der Waals surface area contributed by atoms with E-state index in [1.165, 1.54) is 12.5 Å². The first kappa shape index (κ1) is 55.6. The van der Waals surface area contributed by atoms with Crippen LogP contribution >= 0.6 is 0 Å². The fraction of sp³-hybridized carbons (Fsp3) is 0.960. The minimum Gasteiger partial charge on any atom is -0.394 e. The molecule has 3 saturated carbocycles. The van der Waals surface area contributed by atoms with E-state index in [1.54, 1.807) is 0 Å². The fourth-order valence-electron chi connectivity index (χ4n) is 14.7. The third kappa shape index (κ3) is 9.91. The summed E-state index contributed by atoms with van der Waals surface area (Å²) in [6.07, 6.45) is -19.0. The summed E-state index contributed by atoms with van der Waals surface area (Å²) in [4.78, 5) is 0. The van der Waals surface area contributed by atoms with Gasteiger partial charge in [-0.2, -0.15) is 0 Å². The van der Waals surface area contributed by atoms with Gasteiger partial charge in [0.05, 0.1) is 44.7 Å². The van der Waals surface area contributed by atoms with Crippen molar-refractivity contribution >= 4 is 0 Å². The maximum atomic E-state index is 12.1. The summed E-state index contributed by atoms with van der Waals surface area (Å²) in [5, 5.41) is 138. The highest BCUT2D eigenvalue weighted by Crippen LogP contribution is 2.70. The molecule has 22 heteroatoms. The van der Waals surface area contributed by atoms with Crippen molar-refractivity contribution in [3.05, 3.63) is 11.6 Å². The number of rotatable bonds is 14. The summed E-state index contributed by atoms with van der Waals surface area (Å²) in [5.41, 5.74) is 1.17. The summed E-state index contributed by atoms with van der Waals surface area (Å²) in [5.74, 6) is -0.0790. The summed E-state index contributed by atoms with van der Waals surface area (Å²) in [7, 11) is 0. The molecule has 0 unspecified atom stereocenters. The van der Waals surface area contributed by atoms with E-state index in [2.05, 4.69) is 26.8 Å². The van der Waals surface area contributed by atoms with E-state index in [9.17, 15) is 66.4 Å². The molecule has 5 saturated heterocycles. The van der Waals surface area contributed by atoms with Crippen LogP contribution in [0.1, 0.15) is 92.4 Å². The lowest BCUT2D eigenvalue weighted by molar-refractivity contribution is -0.378. The van der Waals surface area contributed by atoms with Gasteiger partial charge < -0.3 is 109 Å². The van der Waals surface area contributed by atoms with Crippen molar-refractivity contribution in [1.82, 2.24) is 0 Å². The highest BCUT2D eigenvalue weighted by molar-refractivity contribution is 5.26. The van der Waals surface area contributed by atoms with Crippen molar-refractivity contribution in [1.29, 1.82) is 0 Å². The highest BCUT2D eigenvalue weighted by Gasteiger charge is 2.68. The van der Waals surface area contributed by atoms with Crippen LogP contribution in [0.5, 0.6) is 0 Å². The van der Waals surface area contributed by atoms with Gasteiger partial charge in [0.15, 0.2) is 30.9 Å². The number of aliphatic hydroxyl groups excluding tert-OH is 12. The molecule has 0 aromatic rings. The average molecular weight is 1040 g/mol. The molecule has 0 spiro atoms. The SMILES string of the molecule is C[C@H](CC[C@@]1(O)O[C@H]2C[C@H]3[C@@H]4CC=C5C[C@@H](O[C@@H]6O[C@H](CO)[C@@H](O[C@H]7OC[C@H](O)[C@@H](O)[C@@H]7O[C@@H]7O[C@@H](C)[C@H](O)[C@@H](O)[C@H]7O)[C@H](O)[C@H]6O)CC[C@]5(C)[C@H]4CC[C@]3(C)[C@H]2[C@@H]1C)CO[C@@H]1O[C@H](CO)[C@@H](O)[C@H](O)[C@H]1O. The molecule has 5 heterocycles. The van der Waals surface area contributed by atoms with Gasteiger partial charge in [0, 0.05) is 12.3 Å². The van der Waals surface area contributed by atoms with Crippen LogP contribution in [0, 0.1) is 46.3 Å².